The summed E-state index contributed by atoms with van der Waals surface area (Å²) in [6.45, 7) is 4.94. The van der Waals surface area contributed by atoms with Gasteiger partial charge >= 0.3 is 0 Å². The molecule has 0 saturated carbocycles. The number of rotatable bonds is 6. The quantitative estimate of drug-likeness (QED) is 0.671. The van der Waals surface area contributed by atoms with Crippen LogP contribution in [0.1, 0.15) is 45.4 Å². The van der Waals surface area contributed by atoms with Gasteiger partial charge in [0.15, 0.2) is 0 Å². The number of unbranched alkanes of at least 4 members (excludes halogenated alkanes) is 1. The van der Waals surface area contributed by atoms with Crippen LogP contribution in [0.25, 0.3) is 0 Å². The van der Waals surface area contributed by atoms with Crippen molar-refractivity contribution >= 4 is 0 Å². The summed E-state index contributed by atoms with van der Waals surface area (Å²) in [6, 6.07) is 2.37. The third-order valence-corrected chi connectivity index (χ3v) is 4.22. The van der Waals surface area contributed by atoms with Crippen molar-refractivity contribution < 1.29 is 5.11 Å². The van der Waals surface area contributed by atoms with Crippen LogP contribution < -0.4 is 5.32 Å². The molecule has 2 rings (SSSR count). The number of nitrogens with zero attached hydrogens (tertiary/aromatic N) is 1. The minimum Gasteiger partial charge on any atom is -0.396 e. The van der Waals surface area contributed by atoms with Gasteiger partial charge in [-0.25, -0.2) is 0 Å². The summed E-state index contributed by atoms with van der Waals surface area (Å²) in [7, 11) is 0. The van der Waals surface area contributed by atoms with Crippen molar-refractivity contribution in [1.29, 1.82) is 0 Å². The van der Waals surface area contributed by atoms with Crippen LogP contribution in [0, 0.1) is 0 Å². The van der Waals surface area contributed by atoms with E-state index >= 15 is 0 Å². The Morgan fingerprint density at radius 1 is 1.19 bits per heavy atom. The highest BCUT2D eigenvalue weighted by molar-refractivity contribution is 4.95. The Morgan fingerprint density at radius 2 is 1.88 bits per heavy atom. The molecule has 0 amide bonds. The summed E-state index contributed by atoms with van der Waals surface area (Å²) in [5, 5.41) is 12.5. The highest BCUT2D eigenvalue weighted by Gasteiger charge is 2.35. The molecule has 2 atom stereocenters. The SMILES string of the molecule is CCN(CCCCO)C1CC2CCC(C1)N2. The van der Waals surface area contributed by atoms with Crippen molar-refractivity contribution in [3.63, 3.8) is 0 Å². The molecule has 2 fully saturated rings. The van der Waals surface area contributed by atoms with E-state index in [4.69, 9.17) is 5.11 Å². The lowest BCUT2D eigenvalue weighted by Crippen LogP contribution is -2.48. The Hall–Kier alpha value is -0.120. The van der Waals surface area contributed by atoms with Crippen molar-refractivity contribution in [3.8, 4) is 0 Å². The fourth-order valence-electron chi connectivity index (χ4n) is 3.35. The van der Waals surface area contributed by atoms with Crippen LogP contribution in [0.15, 0.2) is 0 Å². The van der Waals surface area contributed by atoms with Crippen LogP contribution in [0.5, 0.6) is 0 Å². The molecule has 94 valence electrons. The second-order valence-corrected chi connectivity index (χ2v) is 5.32. The van der Waals surface area contributed by atoms with E-state index in [1.165, 1.54) is 32.2 Å². The fraction of sp³-hybridized carbons (Fsp3) is 1.00. The van der Waals surface area contributed by atoms with Crippen LogP contribution >= 0.6 is 0 Å². The van der Waals surface area contributed by atoms with Crippen LogP contribution in [0.4, 0.5) is 0 Å². The van der Waals surface area contributed by atoms with E-state index in [9.17, 15) is 0 Å². The molecular formula is C13H26N2O. The van der Waals surface area contributed by atoms with E-state index in [0.717, 1.165) is 37.5 Å². The van der Waals surface area contributed by atoms with Gasteiger partial charge in [-0.15, -0.1) is 0 Å². The smallest absolute Gasteiger partial charge is 0.0431 e. The molecule has 16 heavy (non-hydrogen) atoms. The third kappa shape index (κ3) is 2.96. The van der Waals surface area contributed by atoms with Gasteiger partial charge in [-0.05, 0) is 51.6 Å². The maximum absolute atomic E-state index is 8.83. The molecule has 0 aromatic heterocycles. The second-order valence-electron chi connectivity index (χ2n) is 5.32. The Balaban J connectivity index is 1.79. The van der Waals surface area contributed by atoms with Gasteiger partial charge in [0.25, 0.3) is 0 Å². The van der Waals surface area contributed by atoms with E-state index < -0.39 is 0 Å². The Morgan fingerprint density at radius 3 is 2.44 bits per heavy atom. The molecular weight excluding hydrogens is 200 g/mol. The monoisotopic (exact) mass is 226 g/mol. The van der Waals surface area contributed by atoms with Crippen molar-refractivity contribution in [3.05, 3.63) is 0 Å². The molecule has 2 unspecified atom stereocenters. The van der Waals surface area contributed by atoms with Gasteiger partial charge in [0, 0.05) is 24.7 Å². The van der Waals surface area contributed by atoms with E-state index in [1.54, 1.807) is 0 Å². The van der Waals surface area contributed by atoms with Crippen molar-refractivity contribution in [2.75, 3.05) is 19.7 Å². The number of fused-ring (bicyclic) bond motifs is 2. The third-order valence-electron chi connectivity index (χ3n) is 4.22. The minimum atomic E-state index is 0.342. The highest BCUT2D eigenvalue weighted by Crippen LogP contribution is 2.29. The number of aliphatic hydroxyl groups excluding tert-OH is 1. The first-order chi connectivity index (χ1) is 7.83. The maximum Gasteiger partial charge on any atom is 0.0431 e. The standard InChI is InChI=1S/C13H26N2O/c1-2-15(7-3-4-8-16)13-9-11-5-6-12(10-13)14-11/h11-14,16H,2-10H2,1H3. The van der Waals surface area contributed by atoms with Crippen LogP contribution in [0.2, 0.25) is 0 Å². The molecule has 3 heteroatoms. The van der Waals surface area contributed by atoms with Gasteiger partial charge in [0.1, 0.15) is 0 Å². The summed E-state index contributed by atoms with van der Waals surface area (Å²) >= 11 is 0. The zero-order chi connectivity index (χ0) is 11.4. The van der Waals surface area contributed by atoms with Crippen LogP contribution in [-0.2, 0) is 0 Å². The molecule has 2 bridgehead atoms. The lowest BCUT2D eigenvalue weighted by atomic mass is 9.98. The average Bonchev–Trinajstić information content (AvgIpc) is 2.64. The molecule has 0 spiro atoms. The second kappa shape index (κ2) is 5.99. The van der Waals surface area contributed by atoms with Crippen molar-refractivity contribution in [1.82, 2.24) is 10.2 Å². The molecule has 2 aliphatic rings. The molecule has 2 heterocycles. The van der Waals surface area contributed by atoms with E-state index in [0.29, 0.717) is 6.61 Å². The highest BCUT2D eigenvalue weighted by atomic mass is 16.2. The fourth-order valence-corrected chi connectivity index (χ4v) is 3.35. The summed E-state index contributed by atoms with van der Waals surface area (Å²) < 4.78 is 0. The molecule has 2 saturated heterocycles. The molecule has 0 aromatic carbocycles. The summed E-state index contributed by atoms with van der Waals surface area (Å²) in [5.74, 6) is 0. The van der Waals surface area contributed by atoms with Gasteiger partial charge in [0.2, 0.25) is 0 Å². The largest absolute Gasteiger partial charge is 0.396 e. The van der Waals surface area contributed by atoms with Crippen molar-refractivity contribution in [2.24, 2.45) is 0 Å². The van der Waals surface area contributed by atoms with Gasteiger partial charge in [0.05, 0.1) is 0 Å². The molecule has 2 aliphatic heterocycles. The molecule has 0 aliphatic carbocycles. The zero-order valence-corrected chi connectivity index (χ0v) is 10.5. The Bertz CT molecular complexity index is 198. The zero-order valence-electron chi connectivity index (χ0n) is 10.5. The number of nitrogens with one attached hydrogen (secondary N) is 1. The van der Waals surface area contributed by atoms with Gasteiger partial charge in [-0.1, -0.05) is 6.92 Å². The first kappa shape index (κ1) is 12.3. The first-order valence-corrected chi connectivity index (χ1v) is 6.94. The van der Waals surface area contributed by atoms with E-state index in [1.807, 2.05) is 0 Å². The van der Waals surface area contributed by atoms with Crippen LogP contribution in [0.3, 0.4) is 0 Å². The predicted molar refractivity (Wildman–Crippen MR) is 66.5 cm³/mol. The topological polar surface area (TPSA) is 35.5 Å². The number of aliphatic hydroxyl groups is 1. The first-order valence-electron chi connectivity index (χ1n) is 6.94. The van der Waals surface area contributed by atoms with Crippen molar-refractivity contribution in [2.45, 2.75) is 63.6 Å². The minimum absolute atomic E-state index is 0.342. The molecule has 0 aromatic rings. The van der Waals surface area contributed by atoms with Gasteiger partial charge < -0.3 is 15.3 Å². The lowest BCUT2D eigenvalue weighted by Gasteiger charge is -2.37. The van der Waals surface area contributed by atoms with E-state index in [2.05, 4.69) is 17.1 Å². The number of piperidine rings is 1. The van der Waals surface area contributed by atoms with Crippen LogP contribution in [-0.4, -0.2) is 47.8 Å². The normalized spacial score (nSPS) is 33.6. The predicted octanol–water partition coefficient (Wildman–Crippen LogP) is 1.36. The maximum atomic E-state index is 8.83. The lowest BCUT2D eigenvalue weighted by molar-refractivity contribution is 0.142. The van der Waals surface area contributed by atoms with Gasteiger partial charge in [-0.3, -0.25) is 0 Å². The molecule has 3 nitrogen and oxygen atoms in total. The summed E-state index contributed by atoms with van der Waals surface area (Å²) in [5.41, 5.74) is 0. The van der Waals surface area contributed by atoms with Gasteiger partial charge in [-0.2, -0.15) is 0 Å². The average molecular weight is 226 g/mol. The molecule has 0 radical (unpaired) electrons. The molecule has 2 N–H and O–H groups in total. The number of hydrogen-bond donors (Lipinski definition) is 2. The van der Waals surface area contributed by atoms with E-state index in [-0.39, 0.29) is 0 Å². The summed E-state index contributed by atoms with van der Waals surface area (Å²) in [6.07, 6.45) is 7.54. The number of hydrogen-bond acceptors (Lipinski definition) is 3. The summed E-state index contributed by atoms with van der Waals surface area (Å²) in [4.78, 5) is 2.63. The Kier molecular flexibility index (Phi) is 4.62. The Labute approximate surface area is 99.2 Å².